The molecule has 0 bridgehead atoms. The van der Waals surface area contributed by atoms with E-state index in [0.717, 1.165) is 22.7 Å². The highest BCUT2D eigenvalue weighted by Gasteiger charge is 2.27. The predicted molar refractivity (Wildman–Crippen MR) is 89.2 cm³/mol. The van der Waals surface area contributed by atoms with Gasteiger partial charge in [0.25, 0.3) is 0 Å². The monoisotopic (exact) mass is 302 g/mol. The van der Waals surface area contributed by atoms with E-state index >= 15 is 0 Å². The van der Waals surface area contributed by atoms with Crippen LogP contribution in [-0.2, 0) is 11.2 Å². The number of pyridine rings is 1. The Balaban J connectivity index is 2.20. The maximum atomic E-state index is 12.5. The average Bonchev–Trinajstić information content (AvgIpc) is 2.81. The number of hydrogen-bond donors (Lipinski definition) is 0. The molecule has 2 aromatic rings. The van der Waals surface area contributed by atoms with Crippen LogP contribution in [0.15, 0.2) is 36.8 Å². The van der Waals surface area contributed by atoms with Crippen molar-refractivity contribution >= 4 is 17.5 Å². The van der Waals surface area contributed by atoms with E-state index in [1.54, 1.807) is 18.0 Å². The van der Waals surface area contributed by atoms with Crippen molar-refractivity contribution in [1.29, 1.82) is 0 Å². The Morgan fingerprint density at radius 2 is 2.14 bits per heavy atom. The van der Waals surface area contributed by atoms with Gasteiger partial charge in [-0.15, -0.1) is 0 Å². The van der Waals surface area contributed by atoms with Gasteiger partial charge in [0.15, 0.2) is 0 Å². The number of hydrogen-bond acceptors (Lipinski definition) is 3. The number of Topliss-reactive ketones (excluding diaryl/α,β-unsaturated/α-hetero) is 1. The van der Waals surface area contributed by atoms with Crippen molar-refractivity contribution in [3.63, 3.8) is 0 Å². The van der Waals surface area contributed by atoms with Gasteiger partial charge in [0.1, 0.15) is 5.78 Å². The first-order valence-electron chi connectivity index (χ1n) is 7.05. The zero-order valence-corrected chi connectivity index (χ0v) is 13.9. The molecule has 0 amide bonds. The summed E-state index contributed by atoms with van der Waals surface area (Å²) in [6.45, 7) is 6.11. The van der Waals surface area contributed by atoms with Crippen LogP contribution in [0.1, 0.15) is 25.1 Å². The molecule has 3 nitrogen and oxygen atoms in total. The number of carbonyl (C=O) groups excluding carboxylic acids is 1. The van der Waals surface area contributed by atoms with Gasteiger partial charge < -0.3 is 4.57 Å². The van der Waals surface area contributed by atoms with Gasteiger partial charge in [-0.25, -0.2) is 0 Å². The van der Waals surface area contributed by atoms with E-state index in [2.05, 4.69) is 16.5 Å². The Morgan fingerprint density at radius 1 is 1.38 bits per heavy atom. The van der Waals surface area contributed by atoms with E-state index in [-0.39, 0.29) is 5.41 Å². The summed E-state index contributed by atoms with van der Waals surface area (Å²) in [7, 11) is 0. The zero-order chi connectivity index (χ0) is 15.5. The lowest BCUT2D eigenvalue weighted by atomic mass is 9.87. The molecule has 112 valence electrons. The number of thioether (sulfide) groups is 1. The second kappa shape index (κ2) is 6.48. The smallest absolute Gasteiger partial charge is 0.143 e. The van der Waals surface area contributed by atoms with E-state index in [0.29, 0.717) is 12.2 Å². The third kappa shape index (κ3) is 3.56. The molecule has 2 rings (SSSR count). The van der Waals surface area contributed by atoms with Gasteiger partial charge in [-0.05, 0) is 36.9 Å². The van der Waals surface area contributed by atoms with Crippen molar-refractivity contribution in [3.05, 3.63) is 48.0 Å². The van der Waals surface area contributed by atoms with Crippen molar-refractivity contribution < 1.29 is 4.79 Å². The molecule has 0 aliphatic heterocycles. The summed E-state index contributed by atoms with van der Waals surface area (Å²) in [4.78, 5) is 16.6. The second-order valence-corrected chi connectivity index (χ2v) is 6.79. The van der Waals surface area contributed by atoms with Crippen molar-refractivity contribution in [2.45, 2.75) is 27.2 Å². The lowest BCUT2D eigenvalue weighted by Crippen LogP contribution is -2.28. The number of aromatic nitrogens is 2. The fourth-order valence-electron chi connectivity index (χ4n) is 2.37. The van der Waals surface area contributed by atoms with Crippen molar-refractivity contribution in [1.82, 2.24) is 9.55 Å². The van der Waals surface area contributed by atoms with E-state index in [1.807, 2.05) is 50.7 Å². The number of ketones is 1. The summed E-state index contributed by atoms with van der Waals surface area (Å²) in [5.74, 6) is 1.15. The largest absolute Gasteiger partial charge is 0.319 e. The maximum Gasteiger partial charge on any atom is 0.143 e. The van der Waals surface area contributed by atoms with Crippen LogP contribution in [0.3, 0.4) is 0 Å². The third-order valence-corrected chi connectivity index (χ3v) is 4.80. The SMILES string of the molecule is CSCC(C)(C)C(=O)Cc1ccn(-c2cccnc2)c1C. The van der Waals surface area contributed by atoms with Crippen LogP contribution >= 0.6 is 11.8 Å². The molecule has 0 saturated carbocycles. The van der Waals surface area contributed by atoms with E-state index in [1.165, 1.54) is 0 Å². The Bertz CT molecular complexity index is 617. The van der Waals surface area contributed by atoms with Gasteiger partial charge in [0.2, 0.25) is 0 Å². The van der Waals surface area contributed by atoms with Crippen LogP contribution in [0.25, 0.3) is 5.69 Å². The molecule has 2 heterocycles. The van der Waals surface area contributed by atoms with Gasteiger partial charge in [-0.2, -0.15) is 11.8 Å². The lowest BCUT2D eigenvalue weighted by Gasteiger charge is -2.21. The Kier molecular flexibility index (Phi) is 4.88. The summed E-state index contributed by atoms with van der Waals surface area (Å²) in [5.41, 5.74) is 2.95. The molecule has 4 heteroatoms. The van der Waals surface area contributed by atoms with E-state index in [4.69, 9.17) is 0 Å². The Hall–Kier alpha value is -1.55. The molecule has 0 spiro atoms. The Morgan fingerprint density at radius 3 is 2.76 bits per heavy atom. The van der Waals surface area contributed by atoms with Gasteiger partial charge in [-0.3, -0.25) is 9.78 Å². The van der Waals surface area contributed by atoms with Crippen LogP contribution in [0.2, 0.25) is 0 Å². The second-order valence-electron chi connectivity index (χ2n) is 5.92. The molecular weight excluding hydrogens is 280 g/mol. The maximum absolute atomic E-state index is 12.5. The standard InChI is InChI=1S/C17H22N2OS/c1-13-14(10-16(20)17(2,3)12-21-4)7-9-19(13)15-6-5-8-18-11-15/h5-9,11H,10,12H2,1-4H3. The molecule has 0 N–H and O–H groups in total. The fourth-order valence-corrected chi connectivity index (χ4v) is 3.25. The minimum absolute atomic E-state index is 0.276. The molecule has 21 heavy (non-hydrogen) atoms. The first-order valence-corrected chi connectivity index (χ1v) is 8.44. The molecule has 2 aromatic heterocycles. The molecular formula is C17H22N2OS. The van der Waals surface area contributed by atoms with Crippen LogP contribution in [0, 0.1) is 12.3 Å². The number of nitrogens with zero attached hydrogens (tertiary/aromatic N) is 2. The van der Waals surface area contributed by atoms with Gasteiger partial charge in [-0.1, -0.05) is 13.8 Å². The van der Waals surface area contributed by atoms with Crippen LogP contribution in [-0.4, -0.2) is 27.3 Å². The molecule has 0 radical (unpaired) electrons. The summed E-state index contributed by atoms with van der Waals surface area (Å²) in [5, 5.41) is 0. The minimum Gasteiger partial charge on any atom is -0.319 e. The highest BCUT2D eigenvalue weighted by molar-refractivity contribution is 7.98. The topological polar surface area (TPSA) is 34.9 Å². The fraction of sp³-hybridized carbons (Fsp3) is 0.412. The minimum atomic E-state index is -0.276. The first kappa shape index (κ1) is 15.8. The summed E-state index contributed by atoms with van der Waals surface area (Å²) in [6.07, 6.45) is 8.14. The zero-order valence-electron chi connectivity index (χ0n) is 13.1. The molecule has 0 saturated heterocycles. The average molecular weight is 302 g/mol. The highest BCUT2D eigenvalue weighted by Crippen LogP contribution is 2.25. The van der Waals surface area contributed by atoms with E-state index < -0.39 is 0 Å². The summed E-state index contributed by atoms with van der Waals surface area (Å²) >= 11 is 1.72. The van der Waals surface area contributed by atoms with Crippen molar-refractivity contribution in [2.24, 2.45) is 5.41 Å². The van der Waals surface area contributed by atoms with Crippen LogP contribution in [0.4, 0.5) is 0 Å². The first-order chi connectivity index (χ1) is 9.95. The Labute approximate surface area is 130 Å². The number of rotatable bonds is 6. The van der Waals surface area contributed by atoms with Gasteiger partial charge >= 0.3 is 0 Å². The molecule has 0 unspecified atom stereocenters. The van der Waals surface area contributed by atoms with Gasteiger partial charge in [0, 0.05) is 35.7 Å². The van der Waals surface area contributed by atoms with Crippen molar-refractivity contribution in [3.8, 4) is 5.69 Å². The molecule has 0 aliphatic rings. The highest BCUT2D eigenvalue weighted by atomic mass is 32.2. The van der Waals surface area contributed by atoms with Crippen molar-refractivity contribution in [2.75, 3.05) is 12.0 Å². The molecule has 0 aromatic carbocycles. The molecule has 0 atom stereocenters. The van der Waals surface area contributed by atoms with Crippen LogP contribution < -0.4 is 0 Å². The van der Waals surface area contributed by atoms with Gasteiger partial charge in [0.05, 0.1) is 11.9 Å². The summed E-state index contributed by atoms with van der Waals surface area (Å²) < 4.78 is 2.08. The summed E-state index contributed by atoms with van der Waals surface area (Å²) in [6, 6.07) is 5.97. The van der Waals surface area contributed by atoms with Crippen LogP contribution in [0.5, 0.6) is 0 Å². The number of carbonyl (C=O) groups is 1. The van der Waals surface area contributed by atoms with E-state index in [9.17, 15) is 4.79 Å². The molecule has 0 aliphatic carbocycles. The predicted octanol–water partition coefficient (Wildman–Crippen LogP) is 3.68. The quantitative estimate of drug-likeness (QED) is 0.816. The lowest BCUT2D eigenvalue weighted by molar-refractivity contribution is -0.125. The third-order valence-electron chi connectivity index (χ3n) is 3.79. The molecule has 0 fully saturated rings. The normalized spacial score (nSPS) is 11.6.